The maximum Gasteiger partial charge on any atom is 0.255 e. The zero-order chi connectivity index (χ0) is 24.6. The number of carbonyl (C=O) groups excluding carboxylic acids is 1. The Bertz CT molecular complexity index is 1230. The molecule has 1 atom stereocenters. The third-order valence-corrected chi connectivity index (χ3v) is 6.45. The van der Waals surface area contributed by atoms with Gasteiger partial charge in [0.05, 0.1) is 37.6 Å². The van der Waals surface area contributed by atoms with Gasteiger partial charge in [0.15, 0.2) is 5.82 Å². The number of hydrogen-bond donors (Lipinski definition) is 2. The molecule has 2 aromatic heterocycles. The minimum Gasteiger partial charge on any atom is -0.494 e. The normalized spacial score (nSPS) is 19.2. The average Bonchev–Trinajstić information content (AvgIpc) is 3.49. The van der Waals surface area contributed by atoms with Crippen molar-refractivity contribution in [3.05, 3.63) is 42.6 Å². The molecule has 5 rings (SSSR count). The second kappa shape index (κ2) is 9.18. The molecular formula is C25H31N7O3. The number of methoxy groups -OCH3 is 1. The molecule has 10 heteroatoms. The summed E-state index contributed by atoms with van der Waals surface area (Å²) in [6.07, 6.45) is 6.91. The Morgan fingerprint density at radius 3 is 2.83 bits per heavy atom. The van der Waals surface area contributed by atoms with Gasteiger partial charge in [-0.05, 0) is 31.4 Å². The quantitative estimate of drug-likeness (QED) is 0.531. The van der Waals surface area contributed by atoms with Crippen LogP contribution < -0.4 is 20.3 Å². The van der Waals surface area contributed by atoms with Gasteiger partial charge in [-0.25, -0.2) is 9.97 Å². The fourth-order valence-corrected chi connectivity index (χ4v) is 4.47. The van der Waals surface area contributed by atoms with Crippen LogP contribution in [0.25, 0.3) is 5.69 Å². The van der Waals surface area contributed by atoms with E-state index in [9.17, 15) is 4.79 Å². The molecule has 2 N–H and O–H groups in total. The molecule has 184 valence electrons. The molecule has 1 amide bonds. The molecular weight excluding hydrogens is 446 g/mol. The number of benzene rings is 1. The molecule has 1 fully saturated rings. The summed E-state index contributed by atoms with van der Waals surface area (Å²) in [6.45, 7) is 7.75. The number of ether oxygens (including phenoxy) is 2. The second-order valence-electron chi connectivity index (χ2n) is 9.51. The highest BCUT2D eigenvalue weighted by Gasteiger charge is 2.49. The van der Waals surface area contributed by atoms with E-state index < -0.39 is 5.54 Å². The lowest BCUT2D eigenvalue weighted by Gasteiger charge is -2.40. The van der Waals surface area contributed by atoms with Crippen LogP contribution in [0.2, 0.25) is 0 Å². The molecule has 1 saturated heterocycles. The first-order chi connectivity index (χ1) is 16.9. The molecule has 0 radical (unpaired) electrons. The largest absolute Gasteiger partial charge is 0.494 e. The van der Waals surface area contributed by atoms with E-state index in [1.165, 1.54) is 0 Å². The number of anilines is 4. The summed E-state index contributed by atoms with van der Waals surface area (Å²) in [7, 11) is 1.64. The van der Waals surface area contributed by atoms with Crippen LogP contribution in [0.3, 0.4) is 0 Å². The van der Waals surface area contributed by atoms with Crippen molar-refractivity contribution in [2.24, 2.45) is 5.92 Å². The summed E-state index contributed by atoms with van der Waals surface area (Å²) in [4.78, 5) is 28.8. The second-order valence-corrected chi connectivity index (χ2v) is 9.51. The molecule has 0 saturated carbocycles. The Morgan fingerprint density at radius 1 is 1.29 bits per heavy atom. The van der Waals surface area contributed by atoms with E-state index in [1.807, 2.05) is 40.8 Å². The van der Waals surface area contributed by atoms with E-state index >= 15 is 0 Å². The summed E-state index contributed by atoms with van der Waals surface area (Å²) in [5.74, 6) is 2.26. The van der Waals surface area contributed by atoms with Crippen molar-refractivity contribution in [2.75, 3.05) is 42.4 Å². The molecule has 4 heterocycles. The third kappa shape index (κ3) is 4.41. The molecule has 1 aromatic carbocycles. The maximum atomic E-state index is 13.4. The van der Waals surface area contributed by atoms with E-state index in [-0.39, 0.29) is 5.91 Å². The molecule has 0 aliphatic carbocycles. The average molecular weight is 478 g/mol. The van der Waals surface area contributed by atoms with Crippen molar-refractivity contribution in [2.45, 2.75) is 39.2 Å². The lowest BCUT2D eigenvalue weighted by Crippen LogP contribution is -2.58. The molecule has 35 heavy (non-hydrogen) atoms. The van der Waals surface area contributed by atoms with Gasteiger partial charge in [0, 0.05) is 37.5 Å². The SMILES string of the molecule is COc1cc(Nc2ncc3c(n2)NC2(CCOC2)C(=O)N3CCC(C)C)ccc1-n1cnc(C)c1. The predicted molar refractivity (Wildman–Crippen MR) is 134 cm³/mol. The molecule has 3 aromatic rings. The van der Waals surface area contributed by atoms with Crippen LogP contribution in [-0.2, 0) is 9.53 Å². The maximum absolute atomic E-state index is 13.4. The van der Waals surface area contributed by atoms with Crippen molar-refractivity contribution < 1.29 is 14.3 Å². The minimum absolute atomic E-state index is 0.0301. The van der Waals surface area contributed by atoms with E-state index in [1.54, 1.807) is 19.6 Å². The number of rotatable bonds is 7. The summed E-state index contributed by atoms with van der Waals surface area (Å²) in [6, 6.07) is 5.79. The van der Waals surface area contributed by atoms with Gasteiger partial charge in [-0.2, -0.15) is 4.98 Å². The van der Waals surface area contributed by atoms with Crippen molar-refractivity contribution in [1.29, 1.82) is 0 Å². The molecule has 0 bridgehead atoms. The first-order valence-electron chi connectivity index (χ1n) is 11.9. The van der Waals surface area contributed by atoms with E-state index in [2.05, 4.69) is 34.4 Å². The van der Waals surface area contributed by atoms with Crippen molar-refractivity contribution in [3.8, 4) is 11.4 Å². The van der Waals surface area contributed by atoms with Crippen molar-refractivity contribution in [1.82, 2.24) is 19.5 Å². The van der Waals surface area contributed by atoms with Crippen LogP contribution in [0.1, 0.15) is 32.4 Å². The van der Waals surface area contributed by atoms with Crippen LogP contribution in [0.4, 0.5) is 23.1 Å². The van der Waals surface area contributed by atoms with Crippen molar-refractivity contribution in [3.63, 3.8) is 0 Å². The summed E-state index contributed by atoms with van der Waals surface area (Å²) < 4.78 is 13.1. The zero-order valence-electron chi connectivity index (χ0n) is 20.5. The smallest absolute Gasteiger partial charge is 0.255 e. The van der Waals surface area contributed by atoms with Gasteiger partial charge in [-0.1, -0.05) is 13.8 Å². The minimum atomic E-state index is -0.774. The van der Waals surface area contributed by atoms with Crippen LogP contribution in [0.5, 0.6) is 5.75 Å². The molecule has 2 aliphatic rings. The highest BCUT2D eigenvalue weighted by molar-refractivity contribution is 6.07. The van der Waals surface area contributed by atoms with Crippen LogP contribution in [0.15, 0.2) is 36.9 Å². The standard InChI is InChI=1S/C25H31N7O3/c1-16(2)7-9-32-20-12-26-24(29-22(20)30-25(23(32)33)8-10-35-14-25)28-18-5-6-19(21(11-18)34-4)31-13-17(3)27-15-31/h5-6,11-13,15-16H,7-10,14H2,1-4H3,(H2,26,28,29,30). The van der Waals surface area contributed by atoms with Crippen molar-refractivity contribution >= 4 is 29.0 Å². The number of hydrogen-bond acceptors (Lipinski definition) is 8. The van der Waals surface area contributed by atoms with Gasteiger partial charge in [-0.3, -0.25) is 4.79 Å². The van der Waals surface area contributed by atoms with Gasteiger partial charge in [0.25, 0.3) is 5.91 Å². The molecule has 1 spiro atoms. The van der Waals surface area contributed by atoms with Crippen LogP contribution in [-0.4, -0.2) is 57.8 Å². The van der Waals surface area contributed by atoms with Gasteiger partial charge in [-0.15, -0.1) is 0 Å². The first kappa shape index (κ1) is 23.1. The number of nitrogens with zero attached hydrogens (tertiary/aromatic N) is 5. The number of carbonyl (C=O) groups is 1. The van der Waals surface area contributed by atoms with Gasteiger partial charge < -0.3 is 29.6 Å². The third-order valence-electron chi connectivity index (χ3n) is 6.45. The molecule has 2 aliphatic heterocycles. The Labute approximate surface area is 204 Å². The van der Waals surface area contributed by atoms with Gasteiger partial charge in [0.1, 0.15) is 17.0 Å². The molecule has 1 unspecified atom stereocenters. The number of imidazole rings is 1. The number of aryl methyl sites for hydroxylation is 1. The van der Waals surface area contributed by atoms with E-state index in [0.29, 0.717) is 55.3 Å². The number of aromatic nitrogens is 4. The Hall–Kier alpha value is -3.66. The Balaban J connectivity index is 1.43. The van der Waals surface area contributed by atoms with Crippen LogP contribution in [0, 0.1) is 12.8 Å². The Kier molecular flexibility index (Phi) is 6.06. The van der Waals surface area contributed by atoms with Gasteiger partial charge >= 0.3 is 0 Å². The summed E-state index contributed by atoms with van der Waals surface area (Å²) in [5, 5.41) is 6.65. The van der Waals surface area contributed by atoms with Crippen LogP contribution >= 0.6 is 0 Å². The highest BCUT2D eigenvalue weighted by Crippen LogP contribution is 2.38. The zero-order valence-corrected chi connectivity index (χ0v) is 20.5. The predicted octanol–water partition coefficient (Wildman–Crippen LogP) is 3.69. The number of nitrogens with one attached hydrogen (secondary N) is 2. The lowest BCUT2D eigenvalue weighted by atomic mass is 9.93. The topological polar surface area (TPSA) is 106 Å². The lowest BCUT2D eigenvalue weighted by molar-refractivity contribution is -0.123. The number of amides is 1. The van der Waals surface area contributed by atoms with E-state index in [4.69, 9.17) is 14.5 Å². The highest BCUT2D eigenvalue weighted by atomic mass is 16.5. The molecule has 10 nitrogen and oxygen atoms in total. The summed E-state index contributed by atoms with van der Waals surface area (Å²) >= 11 is 0. The fourth-order valence-electron chi connectivity index (χ4n) is 4.47. The number of fused-ring (bicyclic) bond motifs is 1. The van der Waals surface area contributed by atoms with Gasteiger partial charge in [0.2, 0.25) is 5.95 Å². The summed E-state index contributed by atoms with van der Waals surface area (Å²) in [5.41, 5.74) is 2.51. The Morgan fingerprint density at radius 2 is 2.14 bits per heavy atom. The fraction of sp³-hybridized carbons (Fsp3) is 0.440. The van der Waals surface area contributed by atoms with E-state index in [0.717, 1.165) is 23.5 Å². The monoisotopic (exact) mass is 477 g/mol. The first-order valence-corrected chi connectivity index (χ1v) is 11.9.